The third kappa shape index (κ3) is 9.75. The smallest absolute Gasteiger partial charge is 0.433 e. The normalized spacial score (nSPS) is 12.9. The van der Waals surface area contributed by atoms with Crippen molar-refractivity contribution < 1.29 is 40.3 Å². The number of alkyl halides is 3. The fourth-order valence-electron chi connectivity index (χ4n) is 3.91. The van der Waals surface area contributed by atoms with Crippen LogP contribution in [-0.2, 0) is 39.0 Å². The van der Waals surface area contributed by atoms with Crippen LogP contribution in [0.5, 0.6) is 0 Å². The lowest BCUT2D eigenvalue weighted by Crippen LogP contribution is -2.42. The summed E-state index contributed by atoms with van der Waals surface area (Å²) >= 11 is 0. The second kappa shape index (κ2) is 13.1. The summed E-state index contributed by atoms with van der Waals surface area (Å²) in [6.45, 7) is 7.35. The number of hydrogen-bond acceptors (Lipinski definition) is 6. The number of hydrogen-bond donors (Lipinski definition) is 3. The molecule has 0 radical (unpaired) electrons. The highest BCUT2D eigenvalue weighted by atomic mass is 32.2. The predicted octanol–water partition coefficient (Wildman–Crippen LogP) is 5.49. The first kappa shape index (κ1) is 33.5. The van der Waals surface area contributed by atoms with Crippen molar-refractivity contribution in [1.82, 2.24) is 19.7 Å². The molecule has 43 heavy (non-hydrogen) atoms. The van der Waals surface area contributed by atoms with Crippen molar-refractivity contribution in [3.8, 4) is 11.3 Å². The molecular formula is C29H32F4N4O5S. The van der Waals surface area contributed by atoms with Gasteiger partial charge in [-0.05, 0) is 63.9 Å². The molecule has 0 saturated carbocycles. The Kier molecular flexibility index (Phi) is 10.2. The fraction of sp³-hybridized carbons (Fsp3) is 0.345. The van der Waals surface area contributed by atoms with Crippen LogP contribution in [-0.4, -0.2) is 31.0 Å². The molecule has 2 aromatic carbocycles. The molecule has 1 aromatic heterocycles. The minimum Gasteiger partial charge on any atom is -0.443 e. The van der Waals surface area contributed by atoms with Crippen molar-refractivity contribution in [2.45, 2.75) is 65.4 Å². The molecule has 1 unspecified atom stereocenters. The van der Waals surface area contributed by atoms with E-state index in [-0.39, 0.29) is 23.4 Å². The van der Waals surface area contributed by atoms with Crippen molar-refractivity contribution in [2.75, 3.05) is 0 Å². The molecule has 0 fully saturated rings. The molecule has 1 atom stereocenters. The lowest BCUT2D eigenvalue weighted by Gasteiger charge is -2.19. The standard InChI is InChI=1S/C29H32F4N4O5S/c1-17-7-6-8-20(13-17)25-22(11-12-24(36-25)29(31,32)33)15-34-26(38)18(2)19-9-10-21(23(30)14-19)16-35-43(40,41)37-27(39)42-28(3,4)5/h6-14,18,35H,15-16H2,1-5H3,(H,34,38)(H,37,39). The number of nitrogens with one attached hydrogen (secondary N) is 3. The Labute approximate surface area is 247 Å². The fourth-order valence-corrected chi connectivity index (χ4v) is 4.59. The monoisotopic (exact) mass is 624 g/mol. The summed E-state index contributed by atoms with van der Waals surface area (Å²) in [6.07, 6.45) is -5.85. The van der Waals surface area contributed by atoms with Gasteiger partial charge >= 0.3 is 22.5 Å². The summed E-state index contributed by atoms with van der Waals surface area (Å²) in [7, 11) is -4.35. The van der Waals surface area contributed by atoms with Gasteiger partial charge in [-0.15, -0.1) is 0 Å². The second-order valence-corrected chi connectivity index (χ2v) is 12.3. The lowest BCUT2D eigenvalue weighted by molar-refractivity contribution is -0.141. The number of rotatable bonds is 9. The minimum atomic E-state index is -4.65. The van der Waals surface area contributed by atoms with Crippen LogP contribution in [0.1, 0.15) is 61.6 Å². The van der Waals surface area contributed by atoms with Gasteiger partial charge in [-0.1, -0.05) is 42.0 Å². The van der Waals surface area contributed by atoms with Crippen LogP contribution >= 0.6 is 0 Å². The molecule has 232 valence electrons. The highest BCUT2D eigenvalue weighted by Gasteiger charge is 2.33. The highest BCUT2D eigenvalue weighted by Crippen LogP contribution is 2.31. The number of carbonyl (C=O) groups excluding carboxylic acids is 2. The van der Waals surface area contributed by atoms with E-state index in [1.165, 1.54) is 25.1 Å². The third-order valence-corrected chi connectivity index (χ3v) is 7.01. The molecule has 1 heterocycles. The van der Waals surface area contributed by atoms with Gasteiger partial charge in [-0.3, -0.25) is 4.79 Å². The van der Waals surface area contributed by atoms with Crippen LogP contribution in [0, 0.1) is 12.7 Å². The Hall–Kier alpha value is -4.04. The number of aryl methyl sites for hydroxylation is 1. The van der Waals surface area contributed by atoms with Crippen LogP contribution in [0.15, 0.2) is 54.6 Å². The zero-order valence-electron chi connectivity index (χ0n) is 24.1. The topological polar surface area (TPSA) is 126 Å². The van der Waals surface area contributed by atoms with Crippen LogP contribution in [0.4, 0.5) is 22.4 Å². The Bertz CT molecular complexity index is 1610. The van der Waals surface area contributed by atoms with Crippen molar-refractivity contribution in [2.24, 2.45) is 0 Å². The zero-order chi connectivity index (χ0) is 32.2. The van der Waals surface area contributed by atoms with Crippen molar-refractivity contribution in [3.05, 3.63) is 88.4 Å². The van der Waals surface area contributed by atoms with E-state index in [1.807, 2.05) is 4.72 Å². The summed E-state index contributed by atoms with van der Waals surface area (Å²) in [6, 6.07) is 12.7. The van der Waals surface area contributed by atoms with Gasteiger partial charge in [0, 0.05) is 24.2 Å². The van der Waals surface area contributed by atoms with E-state index in [9.17, 15) is 35.6 Å². The Morgan fingerprint density at radius 3 is 2.26 bits per heavy atom. The molecule has 0 spiro atoms. The van der Waals surface area contributed by atoms with Crippen LogP contribution in [0.25, 0.3) is 11.3 Å². The highest BCUT2D eigenvalue weighted by molar-refractivity contribution is 7.88. The number of pyridine rings is 1. The first-order chi connectivity index (χ1) is 19.8. The van der Waals surface area contributed by atoms with Gasteiger partial charge in [-0.2, -0.15) is 26.3 Å². The largest absolute Gasteiger partial charge is 0.443 e. The van der Waals surface area contributed by atoms with E-state index in [0.717, 1.165) is 17.7 Å². The average Bonchev–Trinajstić information content (AvgIpc) is 2.88. The number of benzene rings is 2. The van der Waals surface area contributed by atoms with Gasteiger partial charge < -0.3 is 10.1 Å². The van der Waals surface area contributed by atoms with E-state index >= 15 is 0 Å². The Balaban J connectivity index is 1.69. The first-order valence-electron chi connectivity index (χ1n) is 13.1. The number of aromatic nitrogens is 1. The van der Waals surface area contributed by atoms with Gasteiger partial charge in [0.1, 0.15) is 17.1 Å². The molecule has 0 aliphatic heterocycles. The quantitative estimate of drug-likeness (QED) is 0.270. The van der Waals surface area contributed by atoms with E-state index in [0.29, 0.717) is 11.1 Å². The average molecular weight is 625 g/mol. The number of nitrogens with zero attached hydrogens (tertiary/aromatic N) is 1. The summed E-state index contributed by atoms with van der Waals surface area (Å²) in [5.41, 5.74) is -0.0645. The second-order valence-electron chi connectivity index (χ2n) is 10.8. The maximum absolute atomic E-state index is 14.8. The van der Waals surface area contributed by atoms with Crippen molar-refractivity contribution in [1.29, 1.82) is 0 Å². The summed E-state index contributed by atoms with van der Waals surface area (Å²) in [5.74, 6) is -2.19. The molecule has 3 N–H and O–H groups in total. The van der Waals surface area contributed by atoms with Gasteiger partial charge in [0.15, 0.2) is 0 Å². The zero-order valence-corrected chi connectivity index (χ0v) is 24.9. The van der Waals surface area contributed by atoms with E-state index in [1.54, 1.807) is 56.7 Å². The van der Waals surface area contributed by atoms with Gasteiger partial charge in [0.2, 0.25) is 5.91 Å². The van der Waals surface area contributed by atoms with Gasteiger partial charge in [0.25, 0.3) is 0 Å². The molecule has 0 bridgehead atoms. The summed E-state index contributed by atoms with van der Waals surface area (Å²) in [4.78, 5) is 28.5. The van der Waals surface area contributed by atoms with Gasteiger partial charge in [0.05, 0.1) is 11.6 Å². The number of ether oxygens (including phenoxy) is 1. The third-order valence-electron chi connectivity index (χ3n) is 6.05. The molecule has 0 saturated heterocycles. The number of amides is 2. The molecule has 3 aromatic rings. The minimum absolute atomic E-state index is 0.0513. The van der Waals surface area contributed by atoms with Crippen molar-refractivity contribution in [3.63, 3.8) is 0 Å². The number of carbonyl (C=O) groups is 2. The maximum atomic E-state index is 14.8. The van der Waals surface area contributed by atoms with Crippen LogP contribution in [0.2, 0.25) is 0 Å². The van der Waals surface area contributed by atoms with E-state index < -0.39 is 58.0 Å². The SMILES string of the molecule is Cc1cccc(-c2nc(C(F)(F)F)ccc2CNC(=O)C(C)c2ccc(CNS(=O)(=O)NC(=O)OC(C)(C)C)c(F)c2)c1. The molecule has 0 aliphatic carbocycles. The molecule has 0 aliphatic rings. The lowest BCUT2D eigenvalue weighted by atomic mass is 9.98. The number of halogens is 4. The maximum Gasteiger partial charge on any atom is 0.433 e. The first-order valence-corrected chi connectivity index (χ1v) is 14.5. The van der Waals surface area contributed by atoms with E-state index in [4.69, 9.17) is 4.74 Å². The van der Waals surface area contributed by atoms with Crippen molar-refractivity contribution >= 4 is 22.2 Å². The van der Waals surface area contributed by atoms with Crippen LogP contribution in [0.3, 0.4) is 0 Å². The Morgan fingerprint density at radius 2 is 1.65 bits per heavy atom. The summed E-state index contributed by atoms with van der Waals surface area (Å²) < 4.78 is 87.7. The predicted molar refractivity (Wildman–Crippen MR) is 151 cm³/mol. The van der Waals surface area contributed by atoms with Crippen LogP contribution < -0.4 is 14.8 Å². The molecule has 2 amide bonds. The Morgan fingerprint density at radius 1 is 0.977 bits per heavy atom. The summed E-state index contributed by atoms with van der Waals surface area (Å²) in [5, 5.41) is 2.67. The van der Waals surface area contributed by atoms with Gasteiger partial charge in [-0.25, -0.2) is 18.9 Å². The molecule has 14 heteroatoms. The molecule has 3 rings (SSSR count). The van der Waals surface area contributed by atoms with E-state index in [2.05, 4.69) is 10.3 Å². The molecule has 9 nitrogen and oxygen atoms in total. The molecular weight excluding hydrogens is 592 g/mol.